The monoisotopic (exact) mass is 262 g/mol. The lowest BCUT2D eigenvalue weighted by atomic mass is 10.2. The van der Waals surface area contributed by atoms with Crippen LogP contribution >= 0.6 is 22.9 Å². The van der Waals surface area contributed by atoms with E-state index < -0.39 is 0 Å². The molecule has 5 heteroatoms. The largest absolute Gasteiger partial charge is 0.429 e. The van der Waals surface area contributed by atoms with Crippen LogP contribution in [0, 0.1) is 0 Å². The van der Waals surface area contributed by atoms with Gasteiger partial charge in [-0.15, -0.1) is 0 Å². The first-order valence-electron chi connectivity index (χ1n) is 4.95. The normalized spacial score (nSPS) is 10.6. The lowest BCUT2D eigenvalue weighted by Gasteiger charge is -2.02. The maximum atomic E-state index is 5.73. The quantitative estimate of drug-likeness (QED) is 0.696. The summed E-state index contributed by atoms with van der Waals surface area (Å²) < 4.78 is 5.57. The van der Waals surface area contributed by atoms with Crippen molar-refractivity contribution in [3.05, 3.63) is 47.1 Å². The van der Waals surface area contributed by atoms with E-state index in [4.69, 9.17) is 16.3 Å². The number of hydrogen-bond acceptors (Lipinski definition) is 4. The molecule has 0 unspecified atom stereocenters. The lowest BCUT2D eigenvalue weighted by molar-refractivity contribution is 0.477. The number of benzene rings is 1. The van der Waals surface area contributed by atoms with E-state index in [1.165, 1.54) is 11.3 Å². The third-order valence-corrected chi connectivity index (χ3v) is 3.27. The third kappa shape index (κ3) is 2.23. The van der Waals surface area contributed by atoms with Crippen molar-refractivity contribution in [2.24, 2.45) is 0 Å². The number of nitrogens with zero attached hydrogens (tertiary/aromatic N) is 2. The number of rotatable bonds is 2. The molecule has 0 saturated heterocycles. The number of thiazole rings is 1. The highest BCUT2D eigenvalue weighted by Gasteiger charge is 2.03. The van der Waals surface area contributed by atoms with Crippen LogP contribution in [0.5, 0.6) is 10.9 Å². The fourth-order valence-electron chi connectivity index (χ4n) is 1.49. The molecule has 0 fully saturated rings. The number of para-hydroxylation sites is 1. The molecule has 0 radical (unpaired) electrons. The number of pyridine rings is 1. The fraction of sp³-hybridized carbons (Fsp3) is 0. The minimum absolute atomic E-state index is 0.443. The van der Waals surface area contributed by atoms with Crippen LogP contribution in [-0.4, -0.2) is 9.97 Å². The van der Waals surface area contributed by atoms with Crippen LogP contribution in [0.25, 0.3) is 10.9 Å². The number of fused-ring (bicyclic) bond motifs is 1. The molecule has 0 atom stereocenters. The zero-order valence-electron chi connectivity index (χ0n) is 8.63. The minimum Gasteiger partial charge on any atom is -0.429 e. The summed E-state index contributed by atoms with van der Waals surface area (Å²) >= 11 is 7.08. The molecule has 2 aromatic heterocycles. The molecule has 0 aliphatic rings. The van der Waals surface area contributed by atoms with E-state index in [1.807, 2.05) is 30.3 Å². The van der Waals surface area contributed by atoms with Crippen molar-refractivity contribution >= 4 is 33.8 Å². The summed E-state index contributed by atoms with van der Waals surface area (Å²) in [7, 11) is 0. The summed E-state index contributed by atoms with van der Waals surface area (Å²) in [6, 6.07) is 9.80. The van der Waals surface area contributed by atoms with Crippen LogP contribution in [-0.2, 0) is 0 Å². The molecule has 2 heterocycles. The molecule has 0 aliphatic carbocycles. The van der Waals surface area contributed by atoms with Gasteiger partial charge in [-0.05, 0) is 12.1 Å². The van der Waals surface area contributed by atoms with Gasteiger partial charge in [0.25, 0.3) is 5.19 Å². The first kappa shape index (κ1) is 10.5. The molecule has 0 aliphatic heterocycles. The first-order valence-corrected chi connectivity index (χ1v) is 6.21. The summed E-state index contributed by atoms with van der Waals surface area (Å²) in [6.45, 7) is 0. The second kappa shape index (κ2) is 4.31. The maximum absolute atomic E-state index is 5.73. The van der Waals surface area contributed by atoms with Crippen LogP contribution in [0.2, 0.25) is 5.15 Å². The minimum atomic E-state index is 0.443. The molecule has 3 rings (SSSR count). The van der Waals surface area contributed by atoms with Gasteiger partial charge in [-0.2, -0.15) is 4.98 Å². The number of ether oxygens (including phenoxy) is 1. The summed E-state index contributed by atoms with van der Waals surface area (Å²) in [5.74, 6) is 0.662. The molecule has 1 aromatic carbocycles. The van der Waals surface area contributed by atoms with Crippen LogP contribution < -0.4 is 4.74 Å². The van der Waals surface area contributed by atoms with E-state index in [0.29, 0.717) is 16.1 Å². The summed E-state index contributed by atoms with van der Waals surface area (Å²) in [6.07, 6.45) is 1.68. The molecule has 0 saturated carbocycles. The molecule has 0 spiro atoms. The average molecular weight is 263 g/mol. The molecule has 84 valence electrons. The van der Waals surface area contributed by atoms with Gasteiger partial charge in [-0.3, -0.25) is 4.98 Å². The Kier molecular flexibility index (Phi) is 2.66. The van der Waals surface area contributed by atoms with Crippen LogP contribution in [0.3, 0.4) is 0 Å². The van der Waals surface area contributed by atoms with Crippen molar-refractivity contribution in [3.8, 4) is 10.9 Å². The smallest absolute Gasteiger partial charge is 0.280 e. The molecule has 3 aromatic rings. The number of aromatic nitrogens is 2. The summed E-state index contributed by atoms with van der Waals surface area (Å²) in [5.41, 5.74) is 0.942. The maximum Gasteiger partial charge on any atom is 0.280 e. The van der Waals surface area contributed by atoms with Crippen LogP contribution in [0.4, 0.5) is 0 Å². The third-order valence-electron chi connectivity index (χ3n) is 2.23. The second-order valence-corrected chi connectivity index (χ2v) is 4.61. The van der Waals surface area contributed by atoms with Gasteiger partial charge in [0.15, 0.2) is 0 Å². The molecule has 0 N–H and O–H groups in total. The predicted molar refractivity (Wildman–Crippen MR) is 68.9 cm³/mol. The van der Waals surface area contributed by atoms with E-state index in [-0.39, 0.29) is 0 Å². The Hall–Kier alpha value is -1.65. The Morgan fingerprint density at radius 1 is 1.24 bits per heavy atom. The van der Waals surface area contributed by atoms with Crippen molar-refractivity contribution in [1.82, 2.24) is 9.97 Å². The Morgan fingerprint density at radius 2 is 2.12 bits per heavy atom. The molecule has 3 nitrogen and oxygen atoms in total. The number of hydrogen-bond donors (Lipinski definition) is 0. The summed E-state index contributed by atoms with van der Waals surface area (Å²) in [4.78, 5) is 8.32. The summed E-state index contributed by atoms with van der Waals surface area (Å²) in [5, 5.41) is 3.73. The van der Waals surface area contributed by atoms with E-state index in [2.05, 4.69) is 9.97 Å². The fourth-order valence-corrected chi connectivity index (χ4v) is 2.30. The Morgan fingerprint density at radius 3 is 2.94 bits per heavy atom. The molecular weight excluding hydrogens is 256 g/mol. The van der Waals surface area contributed by atoms with Gasteiger partial charge in [-0.1, -0.05) is 41.1 Å². The van der Waals surface area contributed by atoms with E-state index >= 15 is 0 Å². The van der Waals surface area contributed by atoms with E-state index in [1.54, 1.807) is 11.6 Å². The SMILES string of the molecule is Clc1csc(Oc2cnc3ccccc3c2)n1. The van der Waals surface area contributed by atoms with Gasteiger partial charge in [-0.25, -0.2) is 0 Å². The Bertz CT molecular complexity index is 668. The van der Waals surface area contributed by atoms with Gasteiger partial charge in [0.05, 0.1) is 11.7 Å². The van der Waals surface area contributed by atoms with Crippen molar-refractivity contribution in [2.75, 3.05) is 0 Å². The topological polar surface area (TPSA) is 35.0 Å². The second-order valence-electron chi connectivity index (χ2n) is 3.40. The highest BCUT2D eigenvalue weighted by atomic mass is 35.5. The highest BCUT2D eigenvalue weighted by molar-refractivity contribution is 7.11. The van der Waals surface area contributed by atoms with Gasteiger partial charge in [0, 0.05) is 10.8 Å². The average Bonchev–Trinajstić information content (AvgIpc) is 2.75. The van der Waals surface area contributed by atoms with Gasteiger partial charge >= 0.3 is 0 Å². The van der Waals surface area contributed by atoms with E-state index in [0.717, 1.165) is 10.9 Å². The zero-order valence-corrected chi connectivity index (χ0v) is 10.2. The molecule has 0 bridgehead atoms. The van der Waals surface area contributed by atoms with Crippen molar-refractivity contribution in [2.45, 2.75) is 0 Å². The standard InChI is InChI=1S/C12H7ClN2OS/c13-11-7-17-12(15-11)16-9-5-8-3-1-2-4-10(8)14-6-9/h1-7H. The Balaban J connectivity index is 1.95. The van der Waals surface area contributed by atoms with Crippen molar-refractivity contribution in [1.29, 1.82) is 0 Å². The number of halogens is 1. The van der Waals surface area contributed by atoms with Gasteiger partial charge < -0.3 is 4.74 Å². The predicted octanol–water partition coefficient (Wildman–Crippen LogP) is 4.14. The van der Waals surface area contributed by atoms with Crippen LogP contribution in [0.15, 0.2) is 41.9 Å². The van der Waals surface area contributed by atoms with Crippen molar-refractivity contribution in [3.63, 3.8) is 0 Å². The molecular formula is C12H7ClN2OS. The lowest BCUT2D eigenvalue weighted by Crippen LogP contribution is -1.85. The molecule has 0 amide bonds. The Labute approximate surface area is 107 Å². The van der Waals surface area contributed by atoms with Gasteiger partial charge in [0.2, 0.25) is 0 Å². The zero-order chi connectivity index (χ0) is 11.7. The van der Waals surface area contributed by atoms with Crippen LogP contribution in [0.1, 0.15) is 0 Å². The first-order chi connectivity index (χ1) is 8.31. The molecule has 17 heavy (non-hydrogen) atoms. The van der Waals surface area contributed by atoms with Gasteiger partial charge in [0.1, 0.15) is 10.9 Å². The highest BCUT2D eigenvalue weighted by Crippen LogP contribution is 2.28. The van der Waals surface area contributed by atoms with Crippen molar-refractivity contribution < 1.29 is 4.74 Å². The van der Waals surface area contributed by atoms with E-state index in [9.17, 15) is 0 Å².